The quantitative estimate of drug-likeness (QED) is 0.790. The number of rotatable bonds is 5. The molecule has 2 aromatic rings. The molecule has 2 amide bonds. The predicted molar refractivity (Wildman–Crippen MR) is 102 cm³/mol. The van der Waals surface area contributed by atoms with Gasteiger partial charge in [0.1, 0.15) is 0 Å². The molecule has 0 saturated carbocycles. The second kappa shape index (κ2) is 8.47. The number of benzene rings is 1. The maximum absolute atomic E-state index is 12.4. The molecule has 0 radical (unpaired) electrons. The van der Waals surface area contributed by atoms with Crippen LogP contribution in [0.1, 0.15) is 55.8 Å². The largest absolute Gasteiger partial charge is 0.380 e. The maximum Gasteiger partial charge on any atom is 0.279 e. The smallest absolute Gasteiger partial charge is 0.279 e. The fraction of sp³-hybridized carbons (Fsp3) is 0.400. The Morgan fingerprint density at radius 3 is 2.81 bits per heavy atom. The Morgan fingerprint density at radius 2 is 2.04 bits per heavy atom. The first-order valence-corrected chi connectivity index (χ1v) is 9.72. The lowest BCUT2D eigenvalue weighted by Gasteiger charge is -2.19. The zero-order valence-corrected chi connectivity index (χ0v) is 15.9. The van der Waals surface area contributed by atoms with Crippen LogP contribution in [0.2, 0.25) is 0 Å². The number of carbonyl (C=O) groups excluding carboxylic acids is 2. The van der Waals surface area contributed by atoms with E-state index < -0.39 is 0 Å². The van der Waals surface area contributed by atoms with Gasteiger partial charge in [0.2, 0.25) is 0 Å². The van der Waals surface area contributed by atoms with Crippen molar-refractivity contribution < 1.29 is 14.3 Å². The molecule has 0 unspecified atom stereocenters. The van der Waals surface area contributed by atoms with E-state index in [1.165, 1.54) is 34.6 Å². The van der Waals surface area contributed by atoms with Crippen molar-refractivity contribution >= 4 is 23.2 Å². The molecule has 6 heteroatoms. The van der Waals surface area contributed by atoms with Gasteiger partial charge in [-0.2, -0.15) is 0 Å². The van der Waals surface area contributed by atoms with E-state index in [0.29, 0.717) is 23.0 Å². The average Bonchev–Trinajstić information content (AvgIpc) is 3.09. The lowest BCUT2D eigenvalue weighted by molar-refractivity contribution is 0.0848. The van der Waals surface area contributed by atoms with Crippen molar-refractivity contribution in [3.63, 3.8) is 0 Å². The SMILES string of the molecule is CC[C@@H]1CCc2sc(C(=O)NNC(=O)c3cccc(COC)c3)cc2C1. The van der Waals surface area contributed by atoms with Crippen LogP contribution in [0.15, 0.2) is 30.3 Å². The summed E-state index contributed by atoms with van der Waals surface area (Å²) in [4.78, 5) is 26.6. The molecule has 2 N–H and O–H groups in total. The van der Waals surface area contributed by atoms with E-state index in [4.69, 9.17) is 4.74 Å². The fourth-order valence-corrected chi connectivity index (χ4v) is 4.38. The number of carbonyl (C=O) groups is 2. The highest BCUT2D eigenvalue weighted by Gasteiger charge is 2.22. The number of thiophene rings is 1. The van der Waals surface area contributed by atoms with Crippen molar-refractivity contribution in [1.82, 2.24) is 10.9 Å². The Kier molecular flexibility index (Phi) is 6.06. The summed E-state index contributed by atoms with van der Waals surface area (Å²) in [5.41, 5.74) is 7.69. The van der Waals surface area contributed by atoms with Crippen LogP contribution in [0.4, 0.5) is 0 Å². The van der Waals surface area contributed by atoms with Gasteiger partial charge >= 0.3 is 0 Å². The van der Waals surface area contributed by atoms with Crippen molar-refractivity contribution in [2.45, 2.75) is 39.2 Å². The summed E-state index contributed by atoms with van der Waals surface area (Å²) in [6.07, 6.45) is 4.47. The van der Waals surface area contributed by atoms with Crippen molar-refractivity contribution in [2.24, 2.45) is 5.92 Å². The van der Waals surface area contributed by atoms with E-state index in [-0.39, 0.29) is 11.8 Å². The highest BCUT2D eigenvalue weighted by Crippen LogP contribution is 2.33. The molecule has 5 nitrogen and oxygen atoms in total. The maximum atomic E-state index is 12.4. The molecule has 1 aliphatic carbocycles. The van der Waals surface area contributed by atoms with E-state index in [2.05, 4.69) is 17.8 Å². The van der Waals surface area contributed by atoms with Crippen LogP contribution in [0.5, 0.6) is 0 Å². The Bertz CT molecular complexity index is 800. The summed E-state index contributed by atoms with van der Waals surface area (Å²) in [6, 6.07) is 9.11. The third-order valence-corrected chi connectivity index (χ3v) is 6.01. The Balaban J connectivity index is 1.60. The van der Waals surface area contributed by atoms with Crippen molar-refractivity contribution in [3.05, 3.63) is 56.8 Å². The van der Waals surface area contributed by atoms with Crippen LogP contribution in [-0.4, -0.2) is 18.9 Å². The van der Waals surface area contributed by atoms with E-state index in [0.717, 1.165) is 18.4 Å². The summed E-state index contributed by atoms with van der Waals surface area (Å²) >= 11 is 1.53. The van der Waals surface area contributed by atoms with Gasteiger partial charge in [-0.05, 0) is 54.5 Å². The lowest BCUT2D eigenvalue weighted by Crippen LogP contribution is -2.41. The van der Waals surface area contributed by atoms with Crippen molar-refractivity contribution in [1.29, 1.82) is 0 Å². The third-order valence-electron chi connectivity index (χ3n) is 4.78. The van der Waals surface area contributed by atoms with Crippen LogP contribution in [0, 0.1) is 5.92 Å². The molecule has 0 spiro atoms. The standard InChI is InChI=1S/C20H24N2O3S/c1-3-13-7-8-17-16(9-13)11-18(26-17)20(24)22-21-19(23)15-6-4-5-14(10-15)12-25-2/h4-6,10-11,13H,3,7-9,12H2,1-2H3,(H,21,23)(H,22,24)/t13-/m1/s1. The van der Waals surface area contributed by atoms with Crippen LogP contribution in [0.25, 0.3) is 0 Å². The monoisotopic (exact) mass is 372 g/mol. The van der Waals surface area contributed by atoms with Gasteiger partial charge in [0.25, 0.3) is 11.8 Å². The number of amides is 2. The Hall–Kier alpha value is -2.18. The minimum atomic E-state index is -0.344. The molecule has 0 fully saturated rings. The lowest BCUT2D eigenvalue weighted by atomic mass is 9.87. The Morgan fingerprint density at radius 1 is 1.23 bits per heavy atom. The first kappa shape index (κ1) is 18.6. The molecule has 0 bridgehead atoms. The molecule has 0 aliphatic heterocycles. The molecule has 1 atom stereocenters. The molecule has 1 aromatic carbocycles. The van der Waals surface area contributed by atoms with Gasteiger partial charge in [0, 0.05) is 17.6 Å². The number of methoxy groups -OCH3 is 1. The summed E-state index contributed by atoms with van der Waals surface area (Å²) in [7, 11) is 1.61. The zero-order chi connectivity index (χ0) is 18.5. The molecule has 138 valence electrons. The molecule has 0 saturated heterocycles. The fourth-order valence-electron chi connectivity index (χ4n) is 3.28. The Labute approximate surface area is 157 Å². The normalized spacial score (nSPS) is 16.0. The second-order valence-corrected chi connectivity index (χ2v) is 7.75. The number of aryl methyl sites for hydroxylation is 1. The summed E-state index contributed by atoms with van der Waals surface area (Å²) < 4.78 is 5.07. The van der Waals surface area contributed by atoms with Crippen LogP contribution in [0.3, 0.4) is 0 Å². The summed E-state index contributed by atoms with van der Waals surface area (Å²) in [5, 5.41) is 0. The molecular weight excluding hydrogens is 348 g/mol. The zero-order valence-electron chi connectivity index (χ0n) is 15.1. The molecular formula is C20H24N2O3S. The first-order valence-electron chi connectivity index (χ1n) is 8.90. The summed E-state index contributed by atoms with van der Waals surface area (Å²) in [6.45, 7) is 2.65. The molecule has 1 aromatic heterocycles. The molecule has 3 rings (SSSR count). The van der Waals surface area contributed by atoms with Gasteiger partial charge in [-0.15, -0.1) is 11.3 Å². The van der Waals surface area contributed by atoms with Gasteiger partial charge < -0.3 is 4.74 Å². The highest BCUT2D eigenvalue weighted by atomic mass is 32.1. The van der Waals surface area contributed by atoms with Gasteiger partial charge in [-0.1, -0.05) is 25.5 Å². The number of hydrogen-bond acceptors (Lipinski definition) is 4. The van der Waals surface area contributed by atoms with Crippen molar-refractivity contribution in [2.75, 3.05) is 7.11 Å². The average molecular weight is 372 g/mol. The highest BCUT2D eigenvalue weighted by molar-refractivity contribution is 7.14. The minimum absolute atomic E-state index is 0.265. The topological polar surface area (TPSA) is 67.4 Å². The van der Waals surface area contributed by atoms with Gasteiger partial charge in [-0.3, -0.25) is 20.4 Å². The number of ether oxygens (including phenoxy) is 1. The van der Waals surface area contributed by atoms with E-state index in [1.54, 1.807) is 25.3 Å². The van der Waals surface area contributed by atoms with Crippen LogP contribution in [-0.2, 0) is 24.2 Å². The second-order valence-electron chi connectivity index (χ2n) is 6.62. The number of hydrogen-bond donors (Lipinski definition) is 2. The molecule has 1 aliphatic rings. The van der Waals surface area contributed by atoms with Gasteiger partial charge in [0.15, 0.2) is 0 Å². The van der Waals surface area contributed by atoms with Crippen LogP contribution < -0.4 is 10.9 Å². The van der Waals surface area contributed by atoms with Gasteiger partial charge in [0.05, 0.1) is 11.5 Å². The molecule has 26 heavy (non-hydrogen) atoms. The van der Waals surface area contributed by atoms with E-state index >= 15 is 0 Å². The van der Waals surface area contributed by atoms with E-state index in [1.807, 2.05) is 12.1 Å². The predicted octanol–water partition coefficient (Wildman–Crippen LogP) is 3.48. The van der Waals surface area contributed by atoms with Crippen LogP contribution >= 0.6 is 11.3 Å². The van der Waals surface area contributed by atoms with Gasteiger partial charge in [-0.25, -0.2) is 0 Å². The first-order chi connectivity index (χ1) is 12.6. The number of fused-ring (bicyclic) bond motifs is 1. The minimum Gasteiger partial charge on any atom is -0.380 e. The van der Waals surface area contributed by atoms with Crippen molar-refractivity contribution in [3.8, 4) is 0 Å². The van der Waals surface area contributed by atoms with E-state index in [9.17, 15) is 9.59 Å². The third kappa shape index (κ3) is 4.31. The molecule has 1 heterocycles. The number of hydrazine groups is 1. The summed E-state index contributed by atoms with van der Waals surface area (Å²) in [5.74, 6) is 0.106. The number of nitrogens with one attached hydrogen (secondary N) is 2.